The van der Waals surface area contributed by atoms with Crippen LogP contribution in [-0.2, 0) is 4.84 Å². The molecule has 1 aliphatic rings. The van der Waals surface area contributed by atoms with Crippen molar-refractivity contribution in [2.24, 2.45) is 0 Å². The minimum Gasteiger partial charge on any atom is -0.263 e. The lowest BCUT2D eigenvalue weighted by Crippen LogP contribution is -2.04. The Morgan fingerprint density at radius 3 is 2.58 bits per heavy atom. The van der Waals surface area contributed by atoms with Crippen molar-refractivity contribution in [3.05, 3.63) is 46.6 Å². The van der Waals surface area contributed by atoms with Gasteiger partial charge < -0.3 is 0 Å². The summed E-state index contributed by atoms with van der Waals surface area (Å²) in [7, 11) is 0. The average Bonchev–Trinajstić information content (AvgIpc) is 2.54. The van der Waals surface area contributed by atoms with E-state index in [1.807, 2.05) is 36.4 Å². The van der Waals surface area contributed by atoms with E-state index in [1.165, 1.54) is 0 Å². The van der Waals surface area contributed by atoms with Crippen molar-refractivity contribution in [1.82, 2.24) is 5.48 Å². The molecular formula is C9H8BrNO. The van der Waals surface area contributed by atoms with Crippen LogP contribution in [0, 0.1) is 0 Å². The Bertz CT molecular complexity index is 297. The first-order chi connectivity index (χ1) is 5.86. The molecule has 2 nitrogen and oxygen atoms in total. The summed E-state index contributed by atoms with van der Waals surface area (Å²) in [4.78, 5) is 5.26. The van der Waals surface area contributed by atoms with Gasteiger partial charge in [0.05, 0.1) is 0 Å². The first-order valence-corrected chi connectivity index (χ1v) is 4.49. The van der Waals surface area contributed by atoms with Gasteiger partial charge in [-0.05, 0) is 27.6 Å². The van der Waals surface area contributed by atoms with Crippen LogP contribution in [0.5, 0.6) is 0 Å². The number of hydrogen-bond donors (Lipinski definition) is 1. The molecule has 0 fully saturated rings. The van der Waals surface area contributed by atoms with E-state index in [2.05, 4.69) is 21.4 Å². The highest BCUT2D eigenvalue weighted by molar-refractivity contribution is 9.11. The molecular weight excluding hydrogens is 218 g/mol. The van der Waals surface area contributed by atoms with Crippen LogP contribution in [0.4, 0.5) is 0 Å². The van der Waals surface area contributed by atoms with Crippen LogP contribution in [-0.4, -0.2) is 0 Å². The standard InChI is InChI=1S/C9H8BrNO/c10-9-6-8(12-11-9)7-4-2-1-3-5-7/h1-6,8,11H. The van der Waals surface area contributed by atoms with Crippen molar-refractivity contribution >= 4 is 15.9 Å². The molecule has 0 saturated heterocycles. The second-order valence-corrected chi connectivity index (χ2v) is 3.42. The molecule has 0 spiro atoms. The monoisotopic (exact) mass is 225 g/mol. The van der Waals surface area contributed by atoms with Gasteiger partial charge in [-0.1, -0.05) is 30.3 Å². The molecule has 0 aliphatic carbocycles. The molecule has 2 rings (SSSR count). The molecule has 1 aromatic carbocycles. The maximum absolute atomic E-state index is 5.26. The van der Waals surface area contributed by atoms with E-state index < -0.39 is 0 Å². The fraction of sp³-hybridized carbons (Fsp3) is 0.111. The van der Waals surface area contributed by atoms with Crippen LogP contribution in [0.25, 0.3) is 0 Å². The van der Waals surface area contributed by atoms with Gasteiger partial charge in [-0.3, -0.25) is 10.3 Å². The van der Waals surface area contributed by atoms with Crippen molar-refractivity contribution in [3.8, 4) is 0 Å². The third-order valence-electron chi connectivity index (χ3n) is 1.71. The summed E-state index contributed by atoms with van der Waals surface area (Å²) in [6, 6.07) is 10.1. The van der Waals surface area contributed by atoms with Gasteiger partial charge in [-0.15, -0.1) is 0 Å². The van der Waals surface area contributed by atoms with Gasteiger partial charge in [0.25, 0.3) is 0 Å². The normalized spacial score (nSPS) is 21.8. The van der Waals surface area contributed by atoms with Gasteiger partial charge in [-0.2, -0.15) is 0 Å². The molecule has 62 valence electrons. The van der Waals surface area contributed by atoms with Crippen LogP contribution in [0.15, 0.2) is 41.0 Å². The zero-order valence-electron chi connectivity index (χ0n) is 6.33. The number of benzene rings is 1. The number of nitrogens with one attached hydrogen (secondary N) is 1. The second-order valence-electron chi connectivity index (χ2n) is 2.57. The highest BCUT2D eigenvalue weighted by Crippen LogP contribution is 2.25. The SMILES string of the molecule is BrC1=CC(c2ccccc2)ON1. The summed E-state index contributed by atoms with van der Waals surface area (Å²) in [5.41, 5.74) is 3.90. The molecule has 3 heteroatoms. The lowest BCUT2D eigenvalue weighted by molar-refractivity contribution is 0.0458. The zero-order valence-corrected chi connectivity index (χ0v) is 7.91. The Morgan fingerprint density at radius 2 is 2.00 bits per heavy atom. The third kappa shape index (κ3) is 1.52. The highest BCUT2D eigenvalue weighted by Gasteiger charge is 2.15. The van der Waals surface area contributed by atoms with E-state index in [4.69, 9.17) is 4.84 Å². The first kappa shape index (κ1) is 7.83. The molecule has 1 N–H and O–H groups in total. The Hall–Kier alpha value is -0.800. The lowest BCUT2D eigenvalue weighted by atomic mass is 10.1. The number of hydroxylamine groups is 1. The molecule has 1 aromatic rings. The Labute approximate surface area is 79.3 Å². The predicted octanol–water partition coefficient (Wildman–Crippen LogP) is 2.50. The number of rotatable bonds is 1. The fourth-order valence-electron chi connectivity index (χ4n) is 1.13. The third-order valence-corrected chi connectivity index (χ3v) is 2.14. The molecule has 1 atom stereocenters. The summed E-state index contributed by atoms with van der Waals surface area (Å²) in [6.07, 6.45) is 2.01. The molecule has 0 amide bonds. The Morgan fingerprint density at radius 1 is 1.25 bits per heavy atom. The molecule has 0 bridgehead atoms. The van der Waals surface area contributed by atoms with Gasteiger partial charge in [-0.25, -0.2) is 0 Å². The van der Waals surface area contributed by atoms with Crippen molar-refractivity contribution in [2.45, 2.75) is 6.10 Å². The van der Waals surface area contributed by atoms with Gasteiger partial charge in [0, 0.05) is 0 Å². The van der Waals surface area contributed by atoms with E-state index in [1.54, 1.807) is 0 Å². The van der Waals surface area contributed by atoms with Crippen molar-refractivity contribution in [1.29, 1.82) is 0 Å². The minimum absolute atomic E-state index is 0.0283. The summed E-state index contributed by atoms with van der Waals surface area (Å²) in [6.45, 7) is 0. The molecule has 0 aromatic heterocycles. The Balaban J connectivity index is 2.22. The van der Waals surface area contributed by atoms with Gasteiger partial charge in [0.2, 0.25) is 0 Å². The van der Waals surface area contributed by atoms with Crippen molar-refractivity contribution in [3.63, 3.8) is 0 Å². The van der Waals surface area contributed by atoms with Crippen LogP contribution in [0.1, 0.15) is 11.7 Å². The smallest absolute Gasteiger partial charge is 0.131 e. The van der Waals surface area contributed by atoms with Crippen molar-refractivity contribution in [2.75, 3.05) is 0 Å². The van der Waals surface area contributed by atoms with E-state index in [9.17, 15) is 0 Å². The number of halogens is 1. The molecule has 12 heavy (non-hydrogen) atoms. The van der Waals surface area contributed by atoms with Crippen molar-refractivity contribution < 1.29 is 4.84 Å². The predicted molar refractivity (Wildman–Crippen MR) is 50.4 cm³/mol. The van der Waals surface area contributed by atoms with Crippen LogP contribution >= 0.6 is 15.9 Å². The summed E-state index contributed by atoms with van der Waals surface area (Å²) >= 11 is 3.30. The molecule has 1 unspecified atom stereocenters. The second kappa shape index (κ2) is 3.29. The highest BCUT2D eigenvalue weighted by atomic mass is 79.9. The topological polar surface area (TPSA) is 21.3 Å². The maximum atomic E-state index is 5.26. The average molecular weight is 226 g/mol. The molecule has 0 saturated carbocycles. The Kier molecular flexibility index (Phi) is 2.15. The summed E-state index contributed by atoms with van der Waals surface area (Å²) in [5.74, 6) is 0. The fourth-order valence-corrected chi connectivity index (χ4v) is 1.46. The van der Waals surface area contributed by atoms with Gasteiger partial charge in [0.15, 0.2) is 0 Å². The molecule has 1 heterocycles. The first-order valence-electron chi connectivity index (χ1n) is 3.70. The zero-order chi connectivity index (χ0) is 8.39. The van der Waals surface area contributed by atoms with E-state index in [0.29, 0.717) is 0 Å². The van der Waals surface area contributed by atoms with Gasteiger partial charge >= 0.3 is 0 Å². The largest absolute Gasteiger partial charge is 0.263 e. The van der Waals surface area contributed by atoms with Crippen LogP contribution in [0.2, 0.25) is 0 Å². The maximum Gasteiger partial charge on any atom is 0.131 e. The molecule has 0 radical (unpaired) electrons. The van der Waals surface area contributed by atoms with E-state index >= 15 is 0 Å². The minimum atomic E-state index is 0.0283. The quantitative estimate of drug-likeness (QED) is 0.743. The van der Waals surface area contributed by atoms with E-state index in [-0.39, 0.29) is 6.10 Å². The summed E-state index contributed by atoms with van der Waals surface area (Å²) in [5, 5.41) is 0. The lowest BCUT2D eigenvalue weighted by Gasteiger charge is -2.05. The van der Waals surface area contributed by atoms with Crippen LogP contribution in [0.3, 0.4) is 0 Å². The molecule has 1 aliphatic heterocycles. The number of hydrogen-bond acceptors (Lipinski definition) is 2. The van der Waals surface area contributed by atoms with Crippen LogP contribution < -0.4 is 5.48 Å². The van der Waals surface area contributed by atoms with Gasteiger partial charge in [0.1, 0.15) is 10.7 Å². The van der Waals surface area contributed by atoms with E-state index in [0.717, 1.165) is 10.2 Å². The summed E-state index contributed by atoms with van der Waals surface area (Å²) < 4.78 is 0.886.